The van der Waals surface area contributed by atoms with Crippen molar-refractivity contribution in [3.63, 3.8) is 0 Å². The molecular formula is C19H18FN3O4. The standard InChI is InChI=1S/C19H18FN3O4/c1-27-16-8-11(2-5-14(16)20)6-7-21-18(25)12-3-4-13-15(9-12)23-17(24)10-22-19(13)26/h2-5,8-9H,6-7,10H2,1H3,(H,21,25)(H,22,26)(H,23,24). The summed E-state index contributed by atoms with van der Waals surface area (Å²) in [6.45, 7) is 0.216. The Morgan fingerprint density at radius 3 is 2.81 bits per heavy atom. The monoisotopic (exact) mass is 371 g/mol. The normalized spacial score (nSPS) is 13.1. The van der Waals surface area contributed by atoms with Crippen molar-refractivity contribution in [1.82, 2.24) is 10.6 Å². The summed E-state index contributed by atoms with van der Waals surface area (Å²) in [6, 6.07) is 9.01. The van der Waals surface area contributed by atoms with Crippen molar-refractivity contribution < 1.29 is 23.5 Å². The van der Waals surface area contributed by atoms with Crippen molar-refractivity contribution in [3.05, 3.63) is 58.9 Å². The molecule has 0 radical (unpaired) electrons. The molecule has 0 aromatic heterocycles. The first-order valence-electron chi connectivity index (χ1n) is 8.30. The van der Waals surface area contributed by atoms with Gasteiger partial charge in [0, 0.05) is 12.1 Å². The predicted molar refractivity (Wildman–Crippen MR) is 96.4 cm³/mol. The Bertz CT molecular complexity index is 914. The average Bonchev–Trinajstić information content (AvgIpc) is 2.80. The largest absolute Gasteiger partial charge is 0.494 e. The molecule has 1 heterocycles. The Hall–Kier alpha value is -3.42. The van der Waals surface area contributed by atoms with Crippen LogP contribution in [0.2, 0.25) is 0 Å². The molecule has 7 nitrogen and oxygen atoms in total. The van der Waals surface area contributed by atoms with E-state index in [1.807, 2.05) is 0 Å². The van der Waals surface area contributed by atoms with E-state index in [1.165, 1.54) is 31.4 Å². The van der Waals surface area contributed by atoms with Gasteiger partial charge in [-0.1, -0.05) is 6.07 Å². The minimum absolute atomic E-state index is 0.115. The van der Waals surface area contributed by atoms with Gasteiger partial charge in [-0.2, -0.15) is 0 Å². The maximum absolute atomic E-state index is 13.4. The number of anilines is 1. The highest BCUT2D eigenvalue weighted by atomic mass is 19.1. The molecule has 0 unspecified atom stereocenters. The number of methoxy groups -OCH3 is 1. The van der Waals surface area contributed by atoms with E-state index in [9.17, 15) is 18.8 Å². The molecule has 140 valence electrons. The van der Waals surface area contributed by atoms with Crippen molar-refractivity contribution in [1.29, 1.82) is 0 Å². The van der Waals surface area contributed by atoms with Gasteiger partial charge in [0.2, 0.25) is 5.91 Å². The van der Waals surface area contributed by atoms with Gasteiger partial charge < -0.3 is 20.7 Å². The van der Waals surface area contributed by atoms with Gasteiger partial charge in [-0.15, -0.1) is 0 Å². The fourth-order valence-electron chi connectivity index (χ4n) is 2.72. The van der Waals surface area contributed by atoms with Crippen LogP contribution in [-0.2, 0) is 11.2 Å². The lowest BCUT2D eigenvalue weighted by Gasteiger charge is -2.10. The Morgan fingerprint density at radius 2 is 2.04 bits per heavy atom. The van der Waals surface area contributed by atoms with Crippen LogP contribution in [0.4, 0.5) is 10.1 Å². The van der Waals surface area contributed by atoms with Gasteiger partial charge in [0.1, 0.15) is 0 Å². The summed E-state index contributed by atoms with van der Waals surface area (Å²) in [5.74, 6) is -1.36. The Labute approximate surface area is 154 Å². The van der Waals surface area contributed by atoms with Gasteiger partial charge in [0.05, 0.1) is 24.9 Å². The van der Waals surface area contributed by atoms with E-state index in [1.54, 1.807) is 12.1 Å². The number of amides is 3. The zero-order valence-electron chi connectivity index (χ0n) is 14.6. The van der Waals surface area contributed by atoms with Gasteiger partial charge in [-0.3, -0.25) is 14.4 Å². The molecule has 0 spiro atoms. The molecule has 3 amide bonds. The van der Waals surface area contributed by atoms with Crippen LogP contribution in [0.5, 0.6) is 5.75 Å². The first-order valence-corrected chi connectivity index (χ1v) is 8.30. The van der Waals surface area contributed by atoms with E-state index in [-0.39, 0.29) is 30.0 Å². The van der Waals surface area contributed by atoms with Gasteiger partial charge in [-0.25, -0.2) is 4.39 Å². The molecular weight excluding hydrogens is 353 g/mol. The lowest BCUT2D eigenvalue weighted by molar-refractivity contribution is -0.115. The van der Waals surface area contributed by atoms with Gasteiger partial charge in [-0.05, 0) is 42.3 Å². The molecule has 0 saturated heterocycles. The smallest absolute Gasteiger partial charge is 0.253 e. The maximum atomic E-state index is 13.4. The summed E-state index contributed by atoms with van der Waals surface area (Å²) < 4.78 is 18.3. The highest BCUT2D eigenvalue weighted by Gasteiger charge is 2.20. The summed E-state index contributed by atoms with van der Waals surface area (Å²) in [5, 5.41) is 7.83. The number of nitrogens with one attached hydrogen (secondary N) is 3. The second-order valence-electron chi connectivity index (χ2n) is 5.97. The van der Waals surface area contributed by atoms with Crippen LogP contribution < -0.4 is 20.7 Å². The molecule has 1 aliphatic heterocycles. The third-order valence-electron chi connectivity index (χ3n) is 4.12. The number of ether oxygens (including phenoxy) is 1. The van der Waals surface area contributed by atoms with Crippen molar-refractivity contribution in [2.75, 3.05) is 25.5 Å². The highest BCUT2D eigenvalue weighted by Crippen LogP contribution is 2.20. The second-order valence-corrected chi connectivity index (χ2v) is 5.97. The number of halogens is 1. The molecule has 1 aliphatic rings. The highest BCUT2D eigenvalue weighted by molar-refractivity contribution is 6.09. The Kier molecular flexibility index (Phi) is 5.35. The number of rotatable bonds is 5. The third kappa shape index (κ3) is 4.22. The molecule has 3 rings (SSSR count). The zero-order valence-corrected chi connectivity index (χ0v) is 14.6. The molecule has 0 aliphatic carbocycles. The van der Waals surface area contributed by atoms with Gasteiger partial charge >= 0.3 is 0 Å². The molecule has 27 heavy (non-hydrogen) atoms. The van der Waals surface area contributed by atoms with Crippen molar-refractivity contribution in [2.45, 2.75) is 6.42 Å². The van der Waals surface area contributed by atoms with E-state index in [2.05, 4.69) is 16.0 Å². The Balaban J connectivity index is 1.65. The lowest BCUT2D eigenvalue weighted by Crippen LogP contribution is -2.28. The van der Waals surface area contributed by atoms with Crippen molar-refractivity contribution in [3.8, 4) is 5.75 Å². The molecule has 2 aromatic carbocycles. The quantitative estimate of drug-likeness (QED) is 0.742. The SMILES string of the molecule is COc1cc(CCNC(=O)c2ccc3c(c2)NC(=O)CNC3=O)ccc1F. The molecule has 3 N–H and O–H groups in total. The maximum Gasteiger partial charge on any atom is 0.253 e. The number of hydrogen-bond donors (Lipinski definition) is 3. The predicted octanol–water partition coefficient (Wildman–Crippen LogP) is 1.49. The van der Waals surface area contributed by atoms with Gasteiger partial charge in [0.25, 0.3) is 11.8 Å². The number of fused-ring (bicyclic) bond motifs is 1. The number of carbonyl (C=O) groups is 3. The second kappa shape index (κ2) is 7.86. The van der Waals surface area contributed by atoms with Crippen molar-refractivity contribution >= 4 is 23.4 Å². The van der Waals surface area contributed by atoms with E-state index in [0.717, 1.165) is 5.56 Å². The number of hydrogen-bond acceptors (Lipinski definition) is 4. The third-order valence-corrected chi connectivity index (χ3v) is 4.12. The topological polar surface area (TPSA) is 96.5 Å². The molecule has 0 atom stereocenters. The van der Waals surface area contributed by atoms with E-state index in [4.69, 9.17) is 4.74 Å². The van der Waals surface area contributed by atoms with Crippen LogP contribution in [0, 0.1) is 5.82 Å². The van der Waals surface area contributed by atoms with Crippen LogP contribution in [0.3, 0.4) is 0 Å². The average molecular weight is 371 g/mol. The first-order chi connectivity index (χ1) is 13.0. The summed E-state index contributed by atoms with van der Waals surface area (Å²) in [4.78, 5) is 35.8. The fourth-order valence-corrected chi connectivity index (χ4v) is 2.72. The van der Waals surface area contributed by atoms with E-state index >= 15 is 0 Å². The summed E-state index contributed by atoms with van der Waals surface area (Å²) in [7, 11) is 1.39. The van der Waals surface area contributed by atoms with Crippen LogP contribution in [0.25, 0.3) is 0 Å². The molecule has 2 aromatic rings. The molecule has 0 fully saturated rings. The molecule has 0 bridgehead atoms. The van der Waals surface area contributed by atoms with Crippen molar-refractivity contribution in [2.24, 2.45) is 0 Å². The lowest BCUT2D eigenvalue weighted by atomic mass is 10.1. The van der Waals surface area contributed by atoms with Crippen LogP contribution in [0.1, 0.15) is 26.3 Å². The van der Waals surface area contributed by atoms with E-state index < -0.39 is 5.82 Å². The minimum atomic E-state index is -0.443. The zero-order chi connectivity index (χ0) is 19.4. The van der Waals surface area contributed by atoms with Crippen LogP contribution in [0.15, 0.2) is 36.4 Å². The minimum Gasteiger partial charge on any atom is -0.494 e. The first kappa shape index (κ1) is 18.4. The number of benzene rings is 2. The summed E-state index contributed by atoms with van der Waals surface area (Å²) >= 11 is 0. The molecule has 0 saturated carbocycles. The fraction of sp³-hybridized carbons (Fsp3) is 0.211. The van der Waals surface area contributed by atoms with Crippen LogP contribution >= 0.6 is 0 Å². The summed E-state index contributed by atoms with van der Waals surface area (Å²) in [6.07, 6.45) is 0.493. The Morgan fingerprint density at radius 1 is 1.22 bits per heavy atom. The molecule has 8 heteroatoms. The number of carbonyl (C=O) groups excluding carboxylic acids is 3. The summed E-state index contributed by atoms with van der Waals surface area (Å²) in [5.41, 5.74) is 1.74. The van der Waals surface area contributed by atoms with Crippen LogP contribution in [-0.4, -0.2) is 37.9 Å². The van der Waals surface area contributed by atoms with Gasteiger partial charge in [0.15, 0.2) is 11.6 Å². The van der Waals surface area contributed by atoms with E-state index in [0.29, 0.717) is 29.8 Å².